The van der Waals surface area contributed by atoms with Gasteiger partial charge in [0.25, 0.3) is 5.91 Å². The van der Waals surface area contributed by atoms with Crippen molar-refractivity contribution >= 4 is 5.91 Å². The number of benzene rings is 1. The van der Waals surface area contributed by atoms with E-state index in [2.05, 4.69) is 22.1 Å². The molecule has 0 aliphatic heterocycles. The van der Waals surface area contributed by atoms with Crippen LogP contribution in [0.5, 0.6) is 0 Å². The van der Waals surface area contributed by atoms with E-state index in [4.69, 9.17) is 5.11 Å². The summed E-state index contributed by atoms with van der Waals surface area (Å²) in [5.74, 6) is 5.74. The zero-order valence-corrected chi connectivity index (χ0v) is 12.9. The third-order valence-electron chi connectivity index (χ3n) is 2.93. The molecule has 0 unspecified atom stereocenters. The monoisotopic (exact) mass is 288 g/mol. The van der Waals surface area contributed by atoms with Gasteiger partial charge in [0, 0.05) is 24.1 Å². The number of aliphatic hydroxyl groups is 1. The summed E-state index contributed by atoms with van der Waals surface area (Å²) in [6.45, 7) is 1.81. The van der Waals surface area contributed by atoms with Crippen LogP contribution in [-0.2, 0) is 0 Å². The van der Waals surface area contributed by atoms with Crippen LogP contribution in [0.1, 0.15) is 35.2 Å². The normalized spacial score (nSPS) is 10.1. The van der Waals surface area contributed by atoms with Crippen molar-refractivity contribution in [2.75, 3.05) is 33.8 Å². The number of carbonyl (C=O) groups excluding carboxylic acids is 1. The van der Waals surface area contributed by atoms with Gasteiger partial charge in [-0.15, -0.1) is 0 Å². The molecule has 0 bridgehead atoms. The van der Waals surface area contributed by atoms with Crippen LogP contribution >= 0.6 is 0 Å². The molecule has 4 heteroatoms. The molecular weight excluding hydrogens is 264 g/mol. The third kappa shape index (κ3) is 7.50. The fraction of sp³-hybridized carbons (Fsp3) is 0.471. The lowest BCUT2D eigenvalue weighted by atomic mass is 10.1. The number of rotatable bonds is 7. The zero-order valence-electron chi connectivity index (χ0n) is 12.9. The maximum atomic E-state index is 11.9. The Kier molecular flexibility index (Phi) is 8.18. The van der Waals surface area contributed by atoms with E-state index in [0.717, 1.165) is 24.9 Å². The molecule has 0 radical (unpaired) electrons. The largest absolute Gasteiger partial charge is 0.395 e. The van der Waals surface area contributed by atoms with Gasteiger partial charge in [-0.25, -0.2) is 0 Å². The maximum absolute atomic E-state index is 11.9. The van der Waals surface area contributed by atoms with Gasteiger partial charge in [0.2, 0.25) is 0 Å². The van der Waals surface area contributed by atoms with Crippen LogP contribution in [0, 0.1) is 11.8 Å². The molecule has 4 nitrogen and oxygen atoms in total. The zero-order chi connectivity index (χ0) is 15.5. The van der Waals surface area contributed by atoms with E-state index < -0.39 is 0 Å². The Morgan fingerprint density at radius 3 is 2.57 bits per heavy atom. The first kappa shape index (κ1) is 17.2. The van der Waals surface area contributed by atoms with Crippen molar-refractivity contribution in [1.29, 1.82) is 0 Å². The summed E-state index contributed by atoms with van der Waals surface area (Å²) in [6, 6.07) is 7.20. The fourth-order valence-corrected chi connectivity index (χ4v) is 1.78. The van der Waals surface area contributed by atoms with E-state index >= 15 is 0 Å². The number of hydrogen-bond acceptors (Lipinski definition) is 3. The molecule has 21 heavy (non-hydrogen) atoms. The summed E-state index contributed by atoms with van der Waals surface area (Å²) in [7, 11) is 4.09. The van der Waals surface area contributed by atoms with E-state index in [9.17, 15) is 4.79 Å². The van der Waals surface area contributed by atoms with Crippen molar-refractivity contribution in [3.8, 4) is 11.8 Å². The minimum atomic E-state index is -0.0466. The molecule has 0 fully saturated rings. The summed E-state index contributed by atoms with van der Waals surface area (Å²) in [4.78, 5) is 14.1. The topological polar surface area (TPSA) is 52.6 Å². The predicted octanol–water partition coefficient (Wildman–Crippen LogP) is 1.49. The first-order chi connectivity index (χ1) is 10.1. The third-order valence-corrected chi connectivity index (χ3v) is 2.93. The first-order valence-electron chi connectivity index (χ1n) is 7.26. The highest BCUT2D eigenvalue weighted by molar-refractivity contribution is 5.94. The minimum Gasteiger partial charge on any atom is -0.395 e. The molecule has 1 aromatic carbocycles. The van der Waals surface area contributed by atoms with Gasteiger partial charge in [-0.2, -0.15) is 0 Å². The average molecular weight is 288 g/mol. The van der Waals surface area contributed by atoms with Crippen molar-refractivity contribution in [1.82, 2.24) is 10.2 Å². The molecule has 0 aliphatic rings. The number of aliphatic hydroxyl groups excluding tert-OH is 1. The number of amides is 1. The number of unbranched alkanes of at least 4 members (excludes halogenated alkanes) is 1. The van der Waals surface area contributed by atoms with E-state index in [0.29, 0.717) is 18.5 Å². The second-order valence-electron chi connectivity index (χ2n) is 5.12. The van der Waals surface area contributed by atoms with Crippen molar-refractivity contribution in [2.24, 2.45) is 0 Å². The fourth-order valence-electron chi connectivity index (χ4n) is 1.78. The first-order valence-corrected chi connectivity index (χ1v) is 7.26. The lowest BCUT2D eigenvalue weighted by Gasteiger charge is -2.09. The number of carbonyl (C=O) groups is 1. The molecule has 0 atom stereocenters. The van der Waals surface area contributed by atoms with Crippen molar-refractivity contribution in [3.63, 3.8) is 0 Å². The minimum absolute atomic E-state index is 0.0466. The molecular formula is C17H24N2O2. The molecule has 0 spiro atoms. The molecule has 0 heterocycles. The van der Waals surface area contributed by atoms with E-state index in [1.54, 1.807) is 12.1 Å². The van der Waals surface area contributed by atoms with Crippen LogP contribution < -0.4 is 5.32 Å². The van der Waals surface area contributed by atoms with Gasteiger partial charge in [-0.3, -0.25) is 4.79 Å². The second-order valence-corrected chi connectivity index (χ2v) is 5.12. The molecule has 0 aromatic heterocycles. The number of hydrogen-bond donors (Lipinski definition) is 2. The quantitative estimate of drug-likeness (QED) is 0.590. The van der Waals surface area contributed by atoms with Crippen LogP contribution in [0.2, 0.25) is 0 Å². The Bertz CT molecular complexity index is 484. The summed E-state index contributed by atoms with van der Waals surface area (Å²) in [5, 5.41) is 11.6. The SMILES string of the molecule is CN(C)CCCCNC(=O)c1ccc(C#CCCO)cc1. The molecule has 1 amide bonds. The molecule has 0 aliphatic carbocycles. The van der Waals surface area contributed by atoms with Gasteiger partial charge in [-0.05, 0) is 57.7 Å². The van der Waals surface area contributed by atoms with E-state index in [-0.39, 0.29) is 12.5 Å². The summed E-state index contributed by atoms with van der Waals surface area (Å²) in [5.41, 5.74) is 1.50. The van der Waals surface area contributed by atoms with E-state index in [1.807, 2.05) is 26.2 Å². The van der Waals surface area contributed by atoms with Crippen LogP contribution in [0.3, 0.4) is 0 Å². The van der Waals surface area contributed by atoms with Crippen LogP contribution in [0.25, 0.3) is 0 Å². The average Bonchev–Trinajstić information content (AvgIpc) is 2.47. The second kappa shape index (κ2) is 9.98. The maximum Gasteiger partial charge on any atom is 0.251 e. The molecule has 1 rings (SSSR count). The molecule has 2 N–H and O–H groups in total. The van der Waals surface area contributed by atoms with Gasteiger partial charge in [0.15, 0.2) is 0 Å². The van der Waals surface area contributed by atoms with Crippen molar-refractivity contribution < 1.29 is 9.90 Å². The smallest absolute Gasteiger partial charge is 0.251 e. The number of nitrogens with zero attached hydrogens (tertiary/aromatic N) is 1. The predicted molar refractivity (Wildman–Crippen MR) is 85.1 cm³/mol. The Morgan fingerprint density at radius 2 is 1.95 bits per heavy atom. The molecule has 114 valence electrons. The van der Waals surface area contributed by atoms with Crippen molar-refractivity contribution in [2.45, 2.75) is 19.3 Å². The van der Waals surface area contributed by atoms with Gasteiger partial charge < -0.3 is 15.3 Å². The van der Waals surface area contributed by atoms with E-state index in [1.165, 1.54) is 0 Å². The highest BCUT2D eigenvalue weighted by Gasteiger charge is 2.03. The van der Waals surface area contributed by atoms with Crippen LogP contribution in [0.15, 0.2) is 24.3 Å². The summed E-state index contributed by atoms with van der Waals surface area (Å²) < 4.78 is 0. The standard InChI is InChI=1S/C17H24N2O2/c1-19(2)13-5-4-12-18-17(21)16-10-8-15(9-11-16)7-3-6-14-20/h8-11,20H,4-6,12-14H2,1-2H3,(H,18,21). The highest BCUT2D eigenvalue weighted by Crippen LogP contribution is 2.03. The Balaban J connectivity index is 2.36. The van der Waals surface area contributed by atoms with Crippen molar-refractivity contribution in [3.05, 3.63) is 35.4 Å². The number of nitrogens with one attached hydrogen (secondary N) is 1. The van der Waals surface area contributed by atoms with Crippen LogP contribution in [-0.4, -0.2) is 49.7 Å². The molecule has 0 saturated carbocycles. The Labute approximate surface area is 127 Å². The Morgan fingerprint density at radius 1 is 1.24 bits per heavy atom. The van der Waals surface area contributed by atoms with Gasteiger partial charge in [0.05, 0.1) is 6.61 Å². The van der Waals surface area contributed by atoms with Gasteiger partial charge in [0.1, 0.15) is 0 Å². The Hall–Kier alpha value is -1.83. The molecule has 1 aromatic rings. The van der Waals surface area contributed by atoms with Gasteiger partial charge >= 0.3 is 0 Å². The molecule has 0 saturated heterocycles. The lowest BCUT2D eigenvalue weighted by Crippen LogP contribution is -2.25. The highest BCUT2D eigenvalue weighted by atomic mass is 16.2. The summed E-state index contributed by atoms with van der Waals surface area (Å²) >= 11 is 0. The summed E-state index contributed by atoms with van der Waals surface area (Å²) in [6.07, 6.45) is 2.52. The van der Waals surface area contributed by atoms with Gasteiger partial charge in [-0.1, -0.05) is 11.8 Å². The van der Waals surface area contributed by atoms with Crippen LogP contribution in [0.4, 0.5) is 0 Å². The lowest BCUT2D eigenvalue weighted by molar-refractivity contribution is 0.0953.